The topological polar surface area (TPSA) is 79.4 Å². The van der Waals surface area contributed by atoms with Crippen LogP contribution in [-0.2, 0) is 23.1 Å². The average molecular weight is 504 g/mol. The predicted octanol–water partition coefficient (Wildman–Crippen LogP) is 5.48. The largest absolute Gasteiger partial charge is 0.328 e. The Morgan fingerprint density at radius 1 is 0.861 bits per heavy atom. The Labute approximate surface area is 210 Å². The van der Waals surface area contributed by atoms with Crippen molar-refractivity contribution in [3.05, 3.63) is 125 Å². The molecule has 0 saturated heterocycles. The maximum Gasteiger partial charge on any atom is 0.261 e. The third-order valence-electron chi connectivity index (χ3n) is 5.61. The third kappa shape index (κ3) is 6.14. The first-order valence-electron chi connectivity index (χ1n) is 11.4. The molecule has 1 amide bonds. The summed E-state index contributed by atoms with van der Waals surface area (Å²) in [6, 6.07) is 24.4. The molecule has 1 N–H and O–H groups in total. The molecule has 0 aliphatic carbocycles. The summed E-state index contributed by atoms with van der Waals surface area (Å²) in [4.78, 5) is 20.0. The van der Waals surface area contributed by atoms with Crippen LogP contribution < -0.4 is 4.72 Å². The van der Waals surface area contributed by atoms with E-state index in [9.17, 15) is 17.6 Å². The van der Waals surface area contributed by atoms with Gasteiger partial charge in [-0.25, -0.2) is 12.8 Å². The number of amides is 1. The van der Waals surface area contributed by atoms with Crippen LogP contribution in [0.1, 0.15) is 32.9 Å². The Hall–Kier alpha value is -4.04. The van der Waals surface area contributed by atoms with Crippen LogP contribution in [0.4, 0.5) is 10.1 Å². The van der Waals surface area contributed by atoms with Crippen LogP contribution in [0.25, 0.3) is 0 Å². The monoisotopic (exact) mass is 503 g/mol. The number of pyridine rings is 1. The smallest absolute Gasteiger partial charge is 0.261 e. The van der Waals surface area contributed by atoms with Gasteiger partial charge in [-0.2, -0.15) is 0 Å². The van der Waals surface area contributed by atoms with Crippen molar-refractivity contribution >= 4 is 21.6 Å². The summed E-state index contributed by atoms with van der Waals surface area (Å²) < 4.78 is 42.1. The molecule has 184 valence electrons. The molecule has 4 aromatic rings. The zero-order chi connectivity index (χ0) is 25.7. The van der Waals surface area contributed by atoms with Crippen molar-refractivity contribution in [2.45, 2.75) is 31.8 Å². The summed E-state index contributed by atoms with van der Waals surface area (Å²) in [5.74, 6) is -0.752. The molecule has 4 rings (SSSR count). The zero-order valence-electron chi connectivity index (χ0n) is 20.0. The molecular formula is C28H26FN3O3S. The molecule has 0 fully saturated rings. The van der Waals surface area contributed by atoms with Crippen molar-refractivity contribution in [3.8, 4) is 0 Å². The Kier molecular flexibility index (Phi) is 7.45. The van der Waals surface area contributed by atoms with E-state index in [1.54, 1.807) is 53.4 Å². The van der Waals surface area contributed by atoms with E-state index >= 15 is 0 Å². The minimum atomic E-state index is -3.91. The zero-order valence-corrected chi connectivity index (χ0v) is 20.8. The number of sulfonamides is 1. The number of nitrogens with one attached hydrogen (secondary N) is 1. The van der Waals surface area contributed by atoms with Gasteiger partial charge in [-0.05, 0) is 67.9 Å². The molecule has 0 bridgehead atoms. The first-order chi connectivity index (χ1) is 17.2. The van der Waals surface area contributed by atoms with Gasteiger partial charge in [-0.1, -0.05) is 48.0 Å². The third-order valence-corrected chi connectivity index (χ3v) is 6.99. The number of carbonyl (C=O) groups is 1. The van der Waals surface area contributed by atoms with E-state index < -0.39 is 10.0 Å². The fraction of sp³-hybridized carbons (Fsp3) is 0.143. The van der Waals surface area contributed by atoms with Crippen molar-refractivity contribution in [3.63, 3.8) is 0 Å². The summed E-state index contributed by atoms with van der Waals surface area (Å²) in [5.41, 5.74) is 3.53. The van der Waals surface area contributed by atoms with Gasteiger partial charge in [0, 0.05) is 12.2 Å². The van der Waals surface area contributed by atoms with Crippen molar-refractivity contribution < 1.29 is 17.6 Å². The van der Waals surface area contributed by atoms with Gasteiger partial charge >= 0.3 is 0 Å². The number of nitrogens with zero attached hydrogens (tertiary/aromatic N) is 2. The summed E-state index contributed by atoms with van der Waals surface area (Å²) in [6.45, 7) is 4.12. The molecule has 6 nitrogen and oxygen atoms in total. The molecule has 0 spiro atoms. The van der Waals surface area contributed by atoms with Gasteiger partial charge < -0.3 is 4.90 Å². The number of para-hydroxylation sites is 1. The van der Waals surface area contributed by atoms with E-state index in [1.165, 1.54) is 24.3 Å². The minimum absolute atomic E-state index is 0.0995. The van der Waals surface area contributed by atoms with Gasteiger partial charge in [0.05, 0.1) is 28.4 Å². The maximum atomic E-state index is 13.8. The highest BCUT2D eigenvalue weighted by Gasteiger charge is 2.23. The van der Waals surface area contributed by atoms with Crippen LogP contribution in [0, 0.1) is 19.7 Å². The summed E-state index contributed by atoms with van der Waals surface area (Å²) in [5, 5.41) is 0. The van der Waals surface area contributed by atoms with Crippen LogP contribution in [0.2, 0.25) is 0 Å². The lowest BCUT2D eigenvalue weighted by atomic mass is 10.1. The second-order valence-electron chi connectivity index (χ2n) is 8.52. The average Bonchev–Trinajstić information content (AvgIpc) is 2.85. The van der Waals surface area contributed by atoms with Crippen LogP contribution in [0.15, 0.2) is 95.9 Å². The van der Waals surface area contributed by atoms with E-state index in [0.717, 1.165) is 16.8 Å². The highest BCUT2D eigenvalue weighted by molar-refractivity contribution is 7.92. The Morgan fingerprint density at radius 2 is 1.56 bits per heavy atom. The number of hydrogen-bond acceptors (Lipinski definition) is 4. The number of benzene rings is 3. The number of rotatable bonds is 8. The minimum Gasteiger partial charge on any atom is -0.328 e. The van der Waals surface area contributed by atoms with E-state index in [4.69, 9.17) is 0 Å². The second kappa shape index (κ2) is 10.7. The van der Waals surface area contributed by atoms with Crippen molar-refractivity contribution in [2.75, 3.05) is 4.72 Å². The van der Waals surface area contributed by atoms with Crippen LogP contribution in [0.3, 0.4) is 0 Å². The summed E-state index contributed by atoms with van der Waals surface area (Å²) >= 11 is 0. The van der Waals surface area contributed by atoms with Crippen molar-refractivity contribution in [2.24, 2.45) is 0 Å². The number of anilines is 1. The van der Waals surface area contributed by atoms with E-state index in [-0.39, 0.29) is 41.0 Å². The maximum absolute atomic E-state index is 13.8. The highest BCUT2D eigenvalue weighted by atomic mass is 32.2. The Morgan fingerprint density at radius 3 is 2.25 bits per heavy atom. The van der Waals surface area contributed by atoms with Crippen molar-refractivity contribution in [1.29, 1.82) is 0 Å². The molecule has 3 aromatic carbocycles. The molecule has 0 radical (unpaired) electrons. The molecule has 1 aromatic heterocycles. The van der Waals surface area contributed by atoms with Gasteiger partial charge in [-0.3, -0.25) is 14.5 Å². The Balaban J connectivity index is 1.67. The molecule has 0 unspecified atom stereocenters. The predicted molar refractivity (Wildman–Crippen MR) is 137 cm³/mol. The molecule has 0 aliphatic heterocycles. The number of carbonyl (C=O) groups excluding carboxylic acids is 1. The SMILES string of the molecule is Cc1ccc(S(=O)(=O)Nc2ccccc2C(=O)N(Cc2ccc(F)cc2)Cc2cccc(C)n2)cc1. The lowest BCUT2D eigenvalue weighted by Crippen LogP contribution is -2.31. The first-order valence-corrected chi connectivity index (χ1v) is 12.8. The van der Waals surface area contributed by atoms with Gasteiger partial charge in [0.1, 0.15) is 5.82 Å². The molecule has 1 heterocycles. The van der Waals surface area contributed by atoms with Crippen LogP contribution >= 0.6 is 0 Å². The number of aromatic nitrogens is 1. The van der Waals surface area contributed by atoms with Crippen LogP contribution in [-0.4, -0.2) is 24.2 Å². The van der Waals surface area contributed by atoms with E-state index in [0.29, 0.717) is 5.69 Å². The van der Waals surface area contributed by atoms with E-state index in [1.807, 2.05) is 32.0 Å². The Bertz CT molecular complexity index is 1470. The first kappa shape index (κ1) is 25.1. The van der Waals surface area contributed by atoms with Gasteiger partial charge in [0.15, 0.2) is 0 Å². The second-order valence-corrected chi connectivity index (χ2v) is 10.2. The highest BCUT2D eigenvalue weighted by Crippen LogP contribution is 2.24. The number of halogens is 1. The van der Waals surface area contributed by atoms with Crippen molar-refractivity contribution in [1.82, 2.24) is 9.88 Å². The quantitative estimate of drug-likeness (QED) is 0.345. The van der Waals surface area contributed by atoms with Gasteiger partial charge in [-0.15, -0.1) is 0 Å². The lowest BCUT2D eigenvalue weighted by Gasteiger charge is -2.24. The molecule has 36 heavy (non-hydrogen) atoms. The standard InChI is InChI=1S/C28H26FN3O3S/c1-20-10-16-25(17-11-20)36(34,35)31-27-9-4-3-8-26(27)28(33)32(18-22-12-14-23(29)15-13-22)19-24-7-5-6-21(2)30-24/h3-17,31H,18-19H2,1-2H3. The number of hydrogen-bond donors (Lipinski definition) is 1. The van der Waals surface area contributed by atoms with Gasteiger partial charge in [0.25, 0.3) is 15.9 Å². The molecule has 0 aliphatic rings. The normalized spacial score (nSPS) is 11.2. The summed E-state index contributed by atoms with van der Waals surface area (Å²) in [6.07, 6.45) is 0. The molecular weight excluding hydrogens is 477 g/mol. The fourth-order valence-electron chi connectivity index (χ4n) is 3.74. The number of aryl methyl sites for hydroxylation is 2. The molecule has 0 saturated carbocycles. The molecule has 0 atom stereocenters. The van der Waals surface area contributed by atoms with E-state index in [2.05, 4.69) is 9.71 Å². The fourth-order valence-corrected chi connectivity index (χ4v) is 4.82. The van der Waals surface area contributed by atoms with Gasteiger partial charge in [0.2, 0.25) is 0 Å². The molecule has 8 heteroatoms. The summed E-state index contributed by atoms with van der Waals surface area (Å²) in [7, 11) is -3.91. The lowest BCUT2D eigenvalue weighted by molar-refractivity contribution is 0.0729. The van der Waals surface area contributed by atoms with Crippen LogP contribution in [0.5, 0.6) is 0 Å².